The van der Waals surface area contributed by atoms with E-state index < -0.39 is 11.6 Å². The molecule has 0 bridgehead atoms. The highest BCUT2D eigenvalue weighted by molar-refractivity contribution is 5.44. The first-order chi connectivity index (χ1) is 10.3. The summed E-state index contributed by atoms with van der Waals surface area (Å²) in [6.07, 6.45) is 0. The zero-order chi connectivity index (χ0) is 15.9. The smallest absolute Gasteiger partial charge is 0.226 e. The predicted octanol–water partition coefficient (Wildman–Crippen LogP) is 2.42. The highest BCUT2D eigenvalue weighted by atomic mass is 19.2. The number of anilines is 1. The van der Waals surface area contributed by atoms with Crippen LogP contribution in [0.15, 0.2) is 24.3 Å². The van der Waals surface area contributed by atoms with Crippen LogP contribution in [-0.4, -0.2) is 15.1 Å². The Morgan fingerprint density at radius 2 is 2.09 bits per heavy atom. The van der Waals surface area contributed by atoms with E-state index in [2.05, 4.69) is 10.3 Å². The quantitative estimate of drug-likeness (QED) is 0.915. The van der Waals surface area contributed by atoms with Crippen LogP contribution in [0.5, 0.6) is 5.88 Å². The normalized spacial score (nSPS) is 15.3. The van der Waals surface area contributed by atoms with Crippen molar-refractivity contribution in [3.63, 3.8) is 0 Å². The number of fused-ring (bicyclic) bond motifs is 1. The number of benzene rings is 1. The van der Waals surface area contributed by atoms with Crippen molar-refractivity contribution in [3.8, 4) is 5.88 Å². The van der Waals surface area contributed by atoms with E-state index >= 15 is 0 Å². The van der Waals surface area contributed by atoms with Gasteiger partial charge in [-0.2, -0.15) is 4.98 Å². The van der Waals surface area contributed by atoms with Crippen molar-refractivity contribution in [3.05, 3.63) is 47.1 Å². The summed E-state index contributed by atoms with van der Waals surface area (Å²) in [6, 6.07) is 5.29. The Morgan fingerprint density at radius 3 is 2.82 bits per heavy atom. The molecular formula is C15H16F2N4O. The minimum Gasteiger partial charge on any atom is -0.473 e. The number of halogens is 2. The number of aromatic nitrogens is 2. The predicted molar refractivity (Wildman–Crippen MR) is 76.5 cm³/mol. The molecule has 3 rings (SSSR count). The van der Waals surface area contributed by atoms with Crippen LogP contribution in [0.1, 0.15) is 19.4 Å². The lowest BCUT2D eigenvalue weighted by Crippen LogP contribution is -2.30. The maximum absolute atomic E-state index is 13.1. The summed E-state index contributed by atoms with van der Waals surface area (Å²) in [5.41, 5.74) is 0.438. The molecular weight excluding hydrogens is 290 g/mol. The topological polar surface area (TPSA) is 62.9 Å². The van der Waals surface area contributed by atoms with Crippen molar-refractivity contribution < 1.29 is 13.5 Å². The van der Waals surface area contributed by atoms with E-state index in [9.17, 15) is 8.78 Å². The number of ether oxygens (including phenoxy) is 1. The van der Waals surface area contributed by atoms with Crippen molar-refractivity contribution in [2.75, 3.05) is 5.32 Å². The number of hydrogen-bond donors (Lipinski definition) is 2. The number of rotatable bonds is 3. The van der Waals surface area contributed by atoms with Gasteiger partial charge in [0.2, 0.25) is 11.5 Å². The first-order valence-electron chi connectivity index (χ1n) is 6.85. The average Bonchev–Trinajstić information content (AvgIpc) is 2.75. The summed E-state index contributed by atoms with van der Waals surface area (Å²) >= 11 is 0. The van der Waals surface area contributed by atoms with E-state index in [4.69, 9.17) is 10.1 Å². The zero-order valence-corrected chi connectivity index (χ0v) is 12.3. The first kappa shape index (κ1) is 14.5. The maximum Gasteiger partial charge on any atom is 0.226 e. The monoisotopic (exact) mass is 306 g/mol. The van der Waals surface area contributed by atoms with Gasteiger partial charge in [0.05, 0.1) is 5.54 Å². The molecule has 0 atom stereocenters. The fourth-order valence-corrected chi connectivity index (χ4v) is 2.41. The summed E-state index contributed by atoms with van der Waals surface area (Å²) in [7, 11) is 0. The Hall–Kier alpha value is -2.44. The van der Waals surface area contributed by atoms with Crippen molar-refractivity contribution >= 4 is 5.82 Å². The maximum atomic E-state index is 13.1. The lowest BCUT2D eigenvalue weighted by molar-refractivity contribution is 0.290. The van der Waals surface area contributed by atoms with E-state index in [-0.39, 0.29) is 23.6 Å². The molecule has 22 heavy (non-hydrogen) atoms. The minimum absolute atomic E-state index is 0.0521. The van der Waals surface area contributed by atoms with Crippen molar-refractivity contribution in [2.24, 2.45) is 0 Å². The van der Waals surface area contributed by atoms with Gasteiger partial charge < -0.3 is 10.1 Å². The fraction of sp³-hybridized carbons (Fsp3) is 0.333. The molecule has 7 heteroatoms. The van der Waals surface area contributed by atoms with Gasteiger partial charge in [-0.15, -0.1) is 0 Å². The second kappa shape index (κ2) is 5.08. The molecule has 1 aliphatic rings. The zero-order valence-electron chi connectivity index (χ0n) is 12.3. The molecule has 2 heterocycles. The second-order valence-corrected chi connectivity index (χ2v) is 5.94. The van der Waals surface area contributed by atoms with Crippen molar-refractivity contribution in [1.29, 1.82) is 5.41 Å². The van der Waals surface area contributed by atoms with Gasteiger partial charge in [-0.25, -0.2) is 8.78 Å². The molecule has 5 nitrogen and oxygen atoms in total. The van der Waals surface area contributed by atoms with Gasteiger partial charge in [0.25, 0.3) is 0 Å². The second-order valence-electron chi connectivity index (χ2n) is 5.94. The molecule has 116 valence electrons. The van der Waals surface area contributed by atoms with Gasteiger partial charge in [-0.1, -0.05) is 6.07 Å². The Kier molecular flexibility index (Phi) is 3.35. The fourth-order valence-electron chi connectivity index (χ4n) is 2.41. The van der Waals surface area contributed by atoms with Crippen LogP contribution in [0.2, 0.25) is 0 Å². The van der Waals surface area contributed by atoms with Crippen LogP contribution in [0.25, 0.3) is 0 Å². The number of nitrogens with one attached hydrogen (secondary N) is 2. The van der Waals surface area contributed by atoms with Gasteiger partial charge in [0.1, 0.15) is 12.4 Å². The molecule has 0 spiro atoms. The Balaban J connectivity index is 1.78. The third-order valence-electron chi connectivity index (χ3n) is 3.41. The molecule has 1 aliphatic heterocycles. The van der Waals surface area contributed by atoms with E-state index in [1.807, 2.05) is 13.8 Å². The average molecular weight is 306 g/mol. The highest BCUT2D eigenvalue weighted by Gasteiger charge is 2.28. The molecule has 0 saturated carbocycles. The van der Waals surface area contributed by atoms with Crippen LogP contribution in [0.3, 0.4) is 0 Å². The molecule has 0 saturated heterocycles. The van der Waals surface area contributed by atoms with Crippen LogP contribution < -0.4 is 15.7 Å². The van der Waals surface area contributed by atoms with Gasteiger partial charge in [-0.3, -0.25) is 9.98 Å². The molecule has 0 fully saturated rings. The summed E-state index contributed by atoms with van der Waals surface area (Å²) < 4.78 is 33.3. The summed E-state index contributed by atoms with van der Waals surface area (Å²) in [5.74, 6) is -0.782. The molecule has 0 unspecified atom stereocenters. The van der Waals surface area contributed by atoms with Gasteiger partial charge >= 0.3 is 0 Å². The van der Waals surface area contributed by atoms with Crippen LogP contribution in [0, 0.1) is 17.0 Å². The van der Waals surface area contributed by atoms with Gasteiger partial charge in [0.15, 0.2) is 11.6 Å². The third-order valence-corrected chi connectivity index (χ3v) is 3.41. The first-order valence-corrected chi connectivity index (χ1v) is 6.85. The third kappa shape index (κ3) is 2.79. The Bertz CT molecular complexity index is 786. The van der Waals surface area contributed by atoms with Crippen molar-refractivity contribution in [2.45, 2.75) is 32.5 Å². The molecule has 1 aromatic heterocycles. The SMILES string of the molecule is CC1(C)Cn2c(cc(OCc3ccc(F)c(F)c3)nc2=N)N1. The van der Waals surface area contributed by atoms with Crippen molar-refractivity contribution in [1.82, 2.24) is 9.55 Å². The largest absolute Gasteiger partial charge is 0.473 e. The van der Waals surface area contributed by atoms with Gasteiger partial charge in [-0.05, 0) is 31.5 Å². The summed E-state index contributed by atoms with van der Waals surface area (Å²) in [4.78, 5) is 4.06. The molecule has 1 aromatic carbocycles. The standard InChI is InChI=1S/C15H16F2N4O/c1-15(2)8-21-12(20-15)6-13(19-14(21)18)22-7-9-3-4-10(16)11(17)5-9/h3-6,18,20H,7-8H2,1-2H3. The van der Waals surface area contributed by atoms with Crippen LogP contribution in [-0.2, 0) is 13.2 Å². The lowest BCUT2D eigenvalue weighted by Gasteiger charge is -2.16. The number of hydrogen-bond acceptors (Lipinski definition) is 4. The van der Waals surface area contributed by atoms with Gasteiger partial charge in [0, 0.05) is 12.6 Å². The van der Waals surface area contributed by atoms with Crippen LogP contribution >= 0.6 is 0 Å². The highest BCUT2D eigenvalue weighted by Crippen LogP contribution is 2.25. The molecule has 0 amide bonds. The Labute approximate surface area is 126 Å². The number of nitrogens with zero attached hydrogens (tertiary/aromatic N) is 2. The molecule has 0 radical (unpaired) electrons. The molecule has 2 N–H and O–H groups in total. The van der Waals surface area contributed by atoms with E-state index in [1.54, 1.807) is 10.6 Å². The molecule has 0 aliphatic carbocycles. The lowest BCUT2D eigenvalue weighted by atomic mass is 10.1. The summed E-state index contributed by atoms with van der Waals surface area (Å²) in [6.45, 7) is 4.76. The summed E-state index contributed by atoms with van der Waals surface area (Å²) in [5, 5.41) is 11.2. The van der Waals surface area contributed by atoms with E-state index in [1.165, 1.54) is 6.07 Å². The minimum atomic E-state index is -0.914. The van der Waals surface area contributed by atoms with E-state index in [0.29, 0.717) is 12.1 Å². The Morgan fingerprint density at radius 1 is 1.32 bits per heavy atom. The van der Waals surface area contributed by atoms with E-state index in [0.717, 1.165) is 18.0 Å². The molecule has 2 aromatic rings. The van der Waals surface area contributed by atoms with Crippen LogP contribution in [0.4, 0.5) is 14.6 Å².